The molecule has 1 heteroatoms. The monoisotopic (exact) mass is 252 g/mol. The van der Waals surface area contributed by atoms with Crippen LogP contribution < -0.4 is 0 Å². The summed E-state index contributed by atoms with van der Waals surface area (Å²) in [6.45, 7) is 7.23. The van der Waals surface area contributed by atoms with Crippen molar-refractivity contribution in [3.8, 4) is 0 Å². The summed E-state index contributed by atoms with van der Waals surface area (Å²) in [4.78, 5) is 0. The van der Waals surface area contributed by atoms with Crippen LogP contribution in [0.15, 0.2) is 12.2 Å². The van der Waals surface area contributed by atoms with Gasteiger partial charge in [-0.15, -0.1) is 0 Å². The maximum atomic E-state index is 2.44. The van der Waals surface area contributed by atoms with Gasteiger partial charge in [-0.05, 0) is 66.8 Å². The van der Waals surface area contributed by atoms with Crippen LogP contribution in [0.2, 0.25) is 0 Å². The van der Waals surface area contributed by atoms with E-state index in [1.165, 1.54) is 37.2 Å². The van der Waals surface area contributed by atoms with E-state index in [4.69, 9.17) is 0 Å². The summed E-state index contributed by atoms with van der Waals surface area (Å²) in [7, 11) is 0. The number of thioether (sulfide) groups is 1. The van der Waals surface area contributed by atoms with Gasteiger partial charge in [-0.2, -0.15) is 11.8 Å². The molecule has 0 aromatic carbocycles. The molecular formula is C16H28S. The summed E-state index contributed by atoms with van der Waals surface area (Å²) in [5.41, 5.74) is 0. The van der Waals surface area contributed by atoms with Crippen LogP contribution in [0.5, 0.6) is 0 Å². The van der Waals surface area contributed by atoms with Crippen LogP contribution >= 0.6 is 11.8 Å². The Bertz CT molecular complexity index is 256. The third-order valence-electron chi connectivity index (χ3n) is 4.94. The number of allylic oxidation sites excluding steroid dienone is 2. The lowest BCUT2D eigenvalue weighted by atomic mass is 9.77. The predicted octanol–water partition coefficient (Wildman–Crippen LogP) is 5.00. The van der Waals surface area contributed by atoms with Crippen LogP contribution in [0.4, 0.5) is 0 Å². The van der Waals surface area contributed by atoms with E-state index < -0.39 is 0 Å². The number of hydrogen-bond acceptors (Lipinski definition) is 1. The Balaban J connectivity index is 1.90. The highest BCUT2D eigenvalue weighted by Gasteiger charge is 2.29. The topological polar surface area (TPSA) is 0 Å². The standard InChI is InChI=1S/C16H28S/c1-12(2)15-8-7-14(9-10-17-11-15)16-6-4-5-13(16)3/h4-5,12-16H,6-11H2,1-3H3. The third-order valence-corrected chi connectivity index (χ3v) is 6.13. The predicted molar refractivity (Wildman–Crippen MR) is 79.4 cm³/mol. The SMILES string of the molecule is CC(C)C1CCC(C2CC=CC2C)CCSC1. The molecule has 1 fully saturated rings. The van der Waals surface area contributed by atoms with E-state index in [-0.39, 0.29) is 0 Å². The van der Waals surface area contributed by atoms with E-state index in [0.717, 1.165) is 29.6 Å². The second-order valence-electron chi connectivity index (χ2n) is 6.39. The summed E-state index contributed by atoms with van der Waals surface area (Å²) in [6.07, 6.45) is 10.6. The highest BCUT2D eigenvalue weighted by atomic mass is 32.2. The zero-order valence-electron chi connectivity index (χ0n) is 11.7. The van der Waals surface area contributed by atoms with Gasteiger partial charge in [0.05, 0.1) is 0 Å². The molecule has 0 nitrogen and oxygen atoms in total. The van der Waals surface area contributed by atoms with Gasteiger partial charge in [-0.1, -0.05) is 32.9 Å². The average Bonchev–Trinajstić information content (AvgIpc) is 2.64. The molecular weight excluding hydrogens is 224 g/mol. The van der Waals surface area contributed by atoms with Crippen molar-refractivity contribution >= 4 is 11.8 Å². The lowest BCUT2D eigenvalue weighted by Gasteiger charge is -2.32. The van der Waals surface area contributed by atoms with Crippen molar-refractivity contribution in [3.05, 3.63) is 12.2 Å². The minimum Gasteiger partial charge on any atom is -0.162 e. The molecule has 0 spiro atoms. The first-order valence-electron chi connectivity index (χ1n) is 7.43. The Morgan fingerprint density at radius 2 is 2.00 bits per heavy atom. The zero-order chi connectivity index (χ0) is 12.3. The Hall–Kier alpha value is 0.0900. The molecule has 2 rings (SSSR count). The van der Waals surface area contributed by atoms with Gasteiger partial charge < -0.3 is 0 Å². The number of rotatable bonds is 2. The largest absolute Gasteiger partial charge is 0.162 e. The second kappa shape index (κ2) is 6.31. The van der Waals surface area contributed by atoms with Gasteiger partial charge >= 0.3 is 0 Å². The van der Waals surface area contributed by atoms with E-state index in [9.17, 15) is 0 Å². The Morgan fingerprint density at radius 1 is 1.18 bits per heavy atom. The van der Waals surface area contributed by atoms with Gasteiger partial charge in [0.25, 0.3) is 0 Å². The number of hydrogen-bond donors (Lipinski definition) is 0. The maximum Gasteiger partial charge on any atom is -0.00367 e. The van der Waals surface area contributed by atoms with Crippen molar-refractivity contribution in [2.45, 2.75) is 46.5 Å². The summed E-state index contributed by atoms with van der Waals surface area (Å²) < 4.78 is 0. The second-order valence-corrected chi connectivity index (χ2v) is 7.54. The summed E-state index contributed by atoms with van der Waals surface area (Å²) in [5, 5.41) is 0. The van der Waals surface area contributed by atoms with E-state index in [2.05, 4.69) is 44.7 Å². The highest BCUT2D eigenvalue weighted by Crippen LogP contribution is 2.39. The van der Waals surface area contributed by atoms with Gasteiger partial charge in [0.1, 0.15) is 0 Å². The molecule has 1 aliphatic carbocycles. The lowest BCUT2D eigenvalue weighted by Crippen LogP contribution is -2.23. The van der Waals surface area contributed by atoms with Gasteiger partial charge in [0.2, 0.25) is 0 Å². The van der Waals surface area contributed by atoms with Crippen molar-refractivity contribution in [1.29, 1.82) is 0 Å². The molecule has 0 aromatic rings. The first-order chi connectivity index (χ1) is 8.18. The molecule has 0 N–H and O–H groups in total. The molecule has 0 bridgehead atoms. The molecule has 1 aliphatic heterocycles. The molecule has 0 amide bonds. The minimum absolute atomic E-state index is 0.835. The van der Waals surface area contributed by atoms with Crippen LogP contribution in [0.3, 0.4) is 0 Å². The van der Waals surface area contributed by atoms with E-state index in [1.54, 1.807) is 0 Å². The highest BCUT2D eigenvalue weighted by molar-refractivity contribution is 7.99. The van der Waals surface area contributed by atoms with Crippen LogP contribution in [0.1, 0.15) is 46.5 Å². The molecule has 1 heterocycles. The normalized spacial score (nSPS) is 39.3. The molecule has 2 aliphatic rings. The fourth-order valence-electron chi connectivity index (χ4n) is 3.51. The van der Waals surface area contributed by atoms with Crippen molar-refractivity contribution < 1.29 is 0 Å². The molecule has 4 unspecified atom stereocenters. The molecule has 4 atom stereocenters. The van der Waals surface area contributed by atoms with Gasteiger partial charge in [0.15, 0.2) is 0 Å². The summed E-state index contributed by atoms with van der Waals surface area (Å²) in [5.74, 6) is 7.44. The average molecular weight is 252 g/mol. The van der Waals surface area contributed by atoms with Crippen LogP contribution in [-0.4, -0.2) is 11.5 Å². The van der Waals surface area contributed by atoms with Crippen molar-refractivity contribution in [2.24, 2.45) is 29.6 Å². The molecule has 0 radical (unpaired) electrons. The molecule has 1 saturated heterocycles. The van der Waals surface area contributed by atoms with E-state index in [1.807, 2.05) is 0 Å². The first kappa shape index (κ1) is 13.5. The van der Waals surface area contributed by atoms with E-state index in [0.29, 0.717) is 0 Å². The molecule has 0 aromatic heterocycles. The van der Waals surface area contributed by atoms with Gasteiger partial charge in [-0.3, -0.25) is 0 Å². The van der Waals surface area contributed by atoms with Crippen LogP contribution in [0.25, 0.3) is 0 Å². The summed E-state index contributed by atoms with van der Waals surface area (Å²) in [6, 6.07) is 0. The summed E-state index contributed by atoms with van der Waals surface area (Å²) >= 11 is 2.21. The van der Waals surface area contributed by atoms with E-state index >= 15 is 0 Å². The van der Waals surface area contributed by atoms with Crippen molar-refractivity contribution in [3.63, 3.8) is 0 Å². The minimum atomic E-state index is 0.835. The van der Waals surface area contributed by atoms with Crippen LogP contribution in [0, 0.1) is 29.6 Å². The quantitative estimate of drug-likeness (QED) is 0.623. The maximum absolute atomic E-state index is 2.44. The van der Waals surface area contributed by atoms with Gasteiger partial charge in [0, 0.05) is 0 Å². The molecule has 98 valence electrons. The first-order valence-corrected chi connectivity index (χ1v) is 8.58. The fourth-order valence-corrected chi connectivity index (χ4v) is 5.00. The Morgan fingerprint density at radius 3 is 2.65 bits per heavy atom. The Kier molecular flexibility index (Phi) is 5.02. The smallest absolute Gasteiger partial charge is 0.00367 e. The fraction of sp³-hybridized carbons (Fsp3) is 0.875. The van der Waals surface area contributed by atoms with Crippen LogP contribution in [-0.2, 0) is 0 Å². The Labute approximate surface area is 112 Å². The lowest BCUT2D eigenvalue weighted by molar-refractivity contribution is 0.238. The van der Waals surface area contributed by atoms with Gasteiger partial charge in [-0.25, -0.2) is 0 Å². The zero-order valence-corrected chi connectivity index (χ0v) is 12.5. The molecule has 17 heavy (non-hydrogen) atoms. The van der Waals surface area contributed by atoms with Crippen molar-refractivity contribution in [2.75, 3.05) is 11.5 Å². The molecule has 0 saturated carbocycles. The third kappa shape index (κ3) is 3.53. The van der Waals surface area contributed by atoms with Crippen molar-refractivity contribution in [1.82, 2.24) is 0 Å².